The van der Waals surface area contributed by atoms with Gasteiger partial charge in [0.15, 0.2) is 0 Å². The fourth-order valence-electron chi connectivity index (χ4n) is 1.51. The van der Waals surface area contributed by atoms with Crippen molar-refractivity contribution in [1.82, 2.24) is 10.6 Å². The summed E-state index contributed by atoms with van der Waals surface area (Å²) < 4.78 is 0. The van der Waals surface area contributed by atoms with Crippen LogP contribution in [0.1, 0.15) is 32.6 Å². The van der Waals surface area contributed by atoms with Gasteiger partial charge in [-0.05, 0) is 25.2 Å². The molecular formula is C10H18N2O. The third kappa shape index (κ3) is 2.99. The van der Waals surface area contributed by atoms with Gasteiger partial charge in [-0.3, -0.25) is 4.79 Å². The summed E-state index contributed by atoms with van der Waals surface area (Å²) in [5, 5.41) is 6.35. The summed E-state index contributed by atoms with van der Waals surface area (Å²) in [5.41, 5.74) is 0. The molecule has 0 spiro atoms. The molecule has 2 aliphatic carbocycles. The highest BCUT2D eigenvalue weighted by atomic mass is 16.1. The molecule has 2 unspecified atom stereocenters. The summed E-state index contributed by atoms with van der Waals surface area (Å²) in [4.78, 5) is 11.2. The van der Waals surface area contributed by atoms with E-state index in [1.54, 1.807) is 0 Å². The average molecular weight is 182 g/mol. The van der Waals surface area contributed by atoms with E-state index in [9.17, 15) is 4.79 Å². The monoisotopic (exact) mass is 182 g/mol. The Morgan fingerprint density at radius 2 is 2.15 bits per heavy atom. The molecule has 0 aromatic carbocycles. The van der Waals surface area contributed by atoms with Gasteiger partial charge in [-0.15, -0.1) is 0 Å². The highest BCUT2D eigenvalue weighted by Crippen LogP contribution is 2.28. The van der Waals surface area contributed by atoms with E-state index in [1.807, 2.05) is 0 Å². The molecule has 0 aromatic heterocycles. The van der Waals surface area contributed by atoms with Gasteiger partial charge in [-0.25, -0.2) is 0 Å². The SMILES string of the molecule is CC1CC1NCCC(=O)NC1CC1. The molecule has 0 aromatic rings. The molecule has 0 radical (unpaired) electrons. The lowest BCUT2D eigenvalue weighted by Gasteiger charge is -2.03. The molecule has 2 aliphatic rings. The largest absolute Gasteiger partial charge is 0.353 e. The number of rotatable bonds is 5. The van der Waals surface area contributed by atoms with E-state index in [0.717, 1.165) is 12.5 Å². The minimum absolute atomic E-state index is 0.211. The van der Waals surface area contributed by atoms with E-state index in [0.29, 0.717) is 18.5 Å². The van der Waals surface area contributed by atoms with Gasteiger partial charge in [0.05, 0.1) is 0 Å². The third-order valence-corrected chi connectivity index (χ3v) is 2.81. The van der Waals surface area contributed by atoms with Crippen molar-refractivity contribution in [1.29, 1.82) is 0 Å². The average Bonchev–Trinajstić information content (AvgIpc) is 2.93. The van der Waals surface area contributed by atoms with Gasteiger partial charge in [-0.2, -0.15) is 0 Å². The van der Waals surface area contributed by atoms with Crippen LogP contribution in [0.4, 0.5) is 0 Å². The predicted octanol–water partition coefficient (Wildman–Crippen LogP) is 0.653. The number of carbonyl (C=O) groups excluding carboxylic acids is 1. The van der Waals surface area contributed by atoms with Crippen molar-refractivity contribution in [2.24, 2.45) is 5.92 Å². The first-order chi connectivity index (χ1) is 6.25. The molecule has 2 rings (SSSR count). The third-order valence-electron chi connectivity index (χ3n) is 2.81. The molecule has 3 nitrogen and oxygen atoms in total. The molecule has 0 aliphatic heterocycles. The summed E-state index contributed by atoms with van der Waals surface area (Å²) >= 11 is 0. The maximum absolute atomic E-state index is 11.2. The molecule has 2 atom stereocenters. The van der Waals surface area contributed by atoms with Crippen LogP contribution in [0.25, 0.3) is 0 Å². The van der Waals surface area contributed by atoms with E-state index in [2.05, 4.69) is 17.6 Å². The highest BCUT2D eigenvalue weighted by Gasteiger charge is 2.31. The van der Waals surface area contributed by atoms with Crippen LogP contribution < -0.4 is 10.6 Å². The summed E-state index contributed by atoms with van der Waals surface area (Å²) in [6.07, 6.45) is 4.28. The van der Waals surface area contributed by atoms with Crippen molar-refractivity contribution in [3.05, 3.63) is 0 Å². The molecule has 1 amide bonds. The van der Waals surface area contributed by atoms with Crippen LogP contribution in [0.15, 0.2) is 0 Å². The van der Waals surface area contributed by atoms with Crippen molar-refractivity contribution in [2.45, 2.75) is 44.7 Å². The van der Waals surface area contributed by atoms with Crippen LogP contribution in [-0.4, -0.2) is 24.5 Å². The maximum atomic E-state index is 11.2. The lowest BCUT2D eigenvalue weighted by molar-refractivity contribution is -0.121. The smallest absolute Gasteiger partial charge is 0.221 e. The van der Waals surface area contributed by atoms with E-state index in [1.165, 1.54) is 19.3 Å². The lowest BCUT2D eigenvalue weighted by Crippen LogP contribution is -2.30. The molecule has 13 heavy (non-hydrogen) atoms. The second-order valence-electron chi connectivity index (χ2n) is 4.37. The van der Waals surface area contributed by atoms with Gasteiger partial charge < -0.3 is 10.6 Å². The van der Waals surface area contributed by atoms with E-state index in [4.69, 9.17) is 0 Å². The van der Waals surface area contributed by atoms with E-state index >= 15 is 0 Å². The molecule has 2 saturated carbocycles. The Labute approximate surface area is 79.3 Å². The van der Waals surface area contributed by atoms with Crippen LogP contribution in [0.2, 0.25) is 0 Å². The Kier molecular flexibility index (Phi) is 2.54. The van der Waals surface area contributed by atoms with Gasteiger partial charge >= 0.3 is 0 Å². The first kappa shape index (κ1) is 9.00. The number of hydrogen-bond donors (Lipinski definition) is 2. The fourth-order valence-corrected chi connectivity index (χ4v) is 1.51. The minimum Gasteiger partial charge on any atom is -0.353 e. The van der Waals surface area contributed by atoms with E-state index < -0.39 is 0 Å². The number of amides is 1. The fraction of sp³-hybridized carbons (Fsp3) is 0.900. The Balaban J connectivity index is 1.49. The molecule has 2 N–H and O–H groups in total. The predicted molar refractivity (Wildman–Crippen MR) is 51.4 cm³/mol. The summed E-state index contributed by atoms with van der Waals surface area (Å²) in [6, 6.07) is 1.20. The van der Waals surface area contributed by atoms with E-state index in [-0.39, 0.29) is 5.91 Å². The van der Waals surface area contributed by atoms with Crippen LogP contribution in [-0.2, 0) is 4.79 Å². The quantitative estimate of drug-likeness (QED) is 0.655. The first-order valence-electron chi connectivity index (χ1n) is 5.28. The maximum Gasteiger partial charge on any atom is 0.221 e. The number of hydrogen-bond acceptors (Lipinski definition) is 2. The van der Waals surface area contributed by atoms with Crippen LogP contribution in [0.3, 0.4) is 0 Å². The topological polar surface area (TPSA) is 41.1 Å². The first-order valence-corrected chi connectivity index (χ1v) is 5.28. The Bertz CT molecular complexity index is 201. The molecule has 0 heterocycles. The molecule has 0 saturated heterocycles. The van der Waals surface area contributed by atoms with Crippen molar-refractivity contribution >= 4 is 5.91 Å². The summed E-state index contributed by atoms with van der Waals surface area (Å²) in [6.45, 7) is 3.08. The molecule has 74 valence electrons. The van der Waals surface area contributed by atoms with Crippen molar-refractivity contribution < 1.29 is 4.79 Å². The minimum atomic E-state index is 0.211. The Morgan fingerprint density at radius 3 is 2.69 bits per heavy atom. The van der Waals surface area contributed by atoms with Crippen LogP contribution in [0, 0.1) is 5.92 Å². The van der Waals surface area contributed by atoms with Crippen molar-refractivity contribution in [2.75, 3.05) is 6.54 Å². The molecule has 0 bridgehead atoms. The van der Waals surface area contributed by atoms with Crippen LogP contribution in [0.5, 0.6) is 0 Å². The molecule has 3 heteroatoms. The zero-order valence-electron chi connectivity index (χ0n) is 8.18. The standard InChI is InChI=1S/C10H18N2O/c1-7-6-9(7)11-5-4-10(13)12-8-2-3-8/h7-9,11H,2-6H2,1H3,(H,12,13). The lowest BCUT2D eigenvalue weighted by atomic mass is 10.3. The summed E-state index contributed by atoms with van der Waals surface area (Å²) in [5.74, 6) is 1.04. The number of carbonyl (C=O) groups is 1. The zero-order valence-corrected chi connectivity index (χ0v) is 8.18. The number of nitrogens with one attached hydrogen (secondary N) is 2. The van der Waals surface area contributed by atoms with Gasteiger partial charge in [-0.1, -0.05) is 6.92 Å². The summed E-state index contributed by atoms with van der Waals surface area (Å²) in [7, 11) is 0. The van der Waals surface area contributed by atoms with Crippen LogP contribution >= 0.6 is 0 Å². The highest BCUT2D eigenvalue weighted by molar-refractivity contribution is 5.76. The zero-order chi connectivity index (χ0) is 9.26. The van der Waals surface area contributed by atoms with Gasteiger partial charge in [0.2, 0.25) is 5.91 Å². The normalized spacial score (nSPS) is 31.5. The molecule has 2 fully saturated rings. The molecular weight excluding hydrogens is 164 g/mol. The Hall–Kier alpha value is -0.570. The van der Waals surface area contributed by atoms with Gasteiger partial charge in [0.25, 0.3) is 0 Å². The second-order valence-corrected chi connectivity index (χ2v) is 4.37. The van der Waals surface area contributed by atoms with Gasteiger partial charge in [0, 0.05) is 25.0 Å². The van der Waals surface area contributed by atoms with Gasteiger partial charge in [0.1, 0.15) is 0 Å². The van der Waals surface area contributed by atoms with Crippen molar-refractivity contribution in [3.8, 4) is 0 Å². The second kappa shape index (κ2) is 3.66. The Morgan fingerprint density at radius 1 is 1.46 bits per heavy atom. The van der Waals surface area contributed by atoms with Crippen molar-refractivity contribution in [3.63, 3.8) is 0 Å².